The van der Waals surface area contributed by atoms with Crippen LogP contribution in [0.5, 0.6) is 0 Å². The normalized spacial score (nSPS) is 25.1. The molecule has 0 aromatic heterocycles. The van der Waals surface area contributed by atoms with Crippen molar-refractivity contribution >= 4 is 10.0 Å². The van der Waals surface area contributed by atoms with Gasteiger partial charge in [-0.25, -0.2) is 8.42 Å². The minimum absolute atomic E-state index is 0.0184. The molecule has 1 fully saturated rings. The van der Waals surface area contributed by atoms with Gasteiger partial charge in [0.15, 0.2) is 0 Å². The van der Waals surface area contributed by atoms with Crippen LogP contribution in [0.1, 0.15) is 6.92 Å². The van der Waals surface area contributed by atoms with Crippen molar-refractivity contribution in [2.24, 2.45) is 0 Å². The summed E-state index contributed by atoms with van der Waals surface area (Å²) in [6.45, 7) is 3.80. The molecule has 0 bridgehead atoms. The van der Waals surface area contributed by atoms with Crippen molar-refractivity contribution in [3.05, 3.63) is 0 Å². The zero-order valence-corrected chi connectivity index (χ0v) is 9.51. The van der Waals surface area contributed by atoms with Crippen LogP contribution >= 0.6 is 0 Å². The van der Waals surface area contributed by atoms with Crippen molar-refractivity contribution in [3.8, 4) is 0 Å². The van der Waals surface area contributed by atoms with Gasteiger partial charge in [-0.1, -0.05) is 0 Å². The molecule has 1 aliphatic rings. The van der Waals surface area contributed by atoms with E-state index < -0.39 is 10.0 Å². The van der Waals surface area contributed by atoms with Gasteiger partial charge >= 0.3 is 0 Å². The standard InChI is InChI=1S/C8H18N2O3S/c1-3-14(11,12)10-4-5-13-8(7-10)6-9-2/h8-9H,3-7H2,1-2H3/t8-/m0/s1. The fourth-order valence-electron chi connectivity index (χ4n) is 1.48. The van der Waals surface area contributed by atoms with Crippen molar-refractivity contribution < 1.29 is 13.2 Å². The van der Waals surface area contributed by atoms with Gasteiger partial charge in [0.2, 0.25) is 10.0 Å². The van der Waals surface area contributed by atoms with Gasteiger partial charge in [-0.3, -0.25) is 0 Å². The zero-order chi connectivity index (χ0) is 10.6. The van der Waals surface area contributed by atoms with E-state index in [2.05, 4.69) is 5.32 Å². The van der Waals surface area contributed by atoms with Gasteiger partial charge in [-0.05, 0) is 14.0 Å². The number of hydrogen-bond donors (Lipinski definition) is 1. The Balaban J connectivity index is 2.56. The summed E-state index contributed by atoms with van der Waals surface area (Å²) in [5.74, 6) is 0.166. The Morgan fingerprint density at radius 2 is 2.29 bits per heavy atom. The van der Waals surface area contributed by atoms with Crippen molar-refractivity contribution in [3.63, 3.8) is 0 Å². The molecule has 0 amide bonds. The Morgan fingerprint density at radius 3 is 2.86 bits per heavy atom. The highest BCUT2D eigenvalue weighted by atomic mass is 32.2. The van der Waals surface area contributed by atoms with Crippen molar-refractivity contribution in [2.45, 2.75) is 13.0 Å². The molecule has 5 nitrogen and oxygen atoms in total. The van der Waals surface area contributed by atoms with Gasteiger partial charge in [0.05, 0.1) is 18.5 Å². The van der Waals surface area contributed by atoms with Crippen LogP contribution in [0.25, 0.3) is 0 Å². The van der Waals surface area contributed by atoms with Crippen LogP contribution in [-0.2, 0) is 14.8 Å². The van der Waals surface area contributed by atoms with E-state index in [1.807, 2.05) is 7.05 Å². The molecule has 14 heavy (non-hydrogen) atoms. The Labute approximate surface area is 85.5 Å². The number of nitrogens with one attached hydrogen (secondary N) is 1. The molecule has 6 heteroatoms. The molecule has 1 saturated heterocycles. The van der Waals surface area contributed by atoms with Crippen LogP contribution in [0, 0.1) is 0 Å². The smallest absolute Gasteiger partial charge is 0.213 e. The third-order valence-corrected chi connectivity index (χ3v) is 4.14. The molecule has 1 atom stereocenters. The number of rotatable bonds is 4. The molecule has 84 valence electrons. The lowest BCUT2D eigenvalue weighted by atomic mass is 10.3. The highest BCUT2D eigenvalue weighted by molar-refractivity contribution is 7.89. The topological polar surface area (TPSA) is 58.6 Å². The number of hydrogen-bond acceptors (Lipinski definition) is 4. The molecule has 0 aliphatic carbocycles. The van der Waals surface area contributed by atoms with Crippen LogP contribution in [0.2, 0.25) is 0 Å². The van der Waals surface area contributed by atoms with Gasteiger partial charge in [0.25, 0.3) is 0 Å². The minimum Gasteiger partial charge on any atom is -0.374 e. The summed E-state index contributed by atoms with van der Waals surface area (Å²) in [6.07, 6.45) is -0.0184. The van der Waals surface area contributed by atoms with Gasteiger partial charge < -0.3 is 10.1 Å². The average molecular weight is 222 g/mol. The summed E-state index contributed by atoms with van der Waals surface area (Å²) < 4.78 is 30.0. The SMILES string of the molecule is CCS(=O)(=O)N1CCO[C@@H](CNC)C1. The summed E-state index contributed by atoms with van der Waals surface area (Å²) in [7, 11) is -1.22. The Morgan fingerprint density at radius 1 is 1.57 bits per heavy atom. The average Bonchev–Trinajstić information content (AvgIpc) is 2.19. The molecule has 1 N–H and O–H groups in total. The third-order valence-electron chi connectivity index (χ3n) is 2.29. The predicted octanol–water partition coefficient (Wildman–Crippen LogP) is -0.744. The summed E-state index contributed by atoms with van der Waals surface area (Å²) in [4.78, 5) is 0. The lowest BCUT2D eigenvalue weighted by Crippen LogP contribution is -2.48. The monoisotopic (exact) mass is 222 g/mol. The molecule has 1 heterocycles. The second-order valence-electron chi connectivity index (χ2n) is 3.31. The zero-order valence-electron chi connectivity index (χ0n) is 8.69. The Hall–Kier alpha value is -0.170. The summed E-state index contributed by atoms with van der Waals surface area (Å²) >= 11 is 0. The maximum atomic E-state index is 11.6. The number of nitrogens with zero attached hydrogens (tertiary/aromatic N) is 1. The molecule has 0 aromatic carbocycles. The maximum Gasteiger partial charge on any atom is 0.213 e. The molecule has 1 aliphatic heterocycles. The van der Waals surface area contributed by atoms with Crippen molar-refractivity contribution in [2.75, 3.05) is 39.0 Å². The largest absolute Gasteiger partial charge is 0.374 e. The first-order valence-electron chi connectivity index (χ1n) is 4.84. The molecule has 0 saturated carbocycles. The number of sulfonamides is 1. The Kier molecular flexibility index (Phi) is 4.31. The quantitative estimate of drug-likeness (QED) is 0.680. The van der Waals surface area contributed by atoms with E-state index in [9.17, 15) is 8.42 Å². The van der Waals surface area contributed by atoms with E-state index in [4.69, 9.17) is 4.74 Å². The van der Waals surface area contributed by atoms with E-state index in [1.54, 1.807) is 6.92 Å². The molecule has 0 spiro atoms. The summed E-state index contributed by atoms with van der Waals surface area (Å²) in [5, 5.41) is 2.98. The summed E-state index contributed by atoms with van der Waals surface area (Å²) in [5.41, 5.74) is 0. The van der Waals surface area contributed by atoms with Gasteiger partial charge in [-0.15, -0.1) is 0 Å². The van der Waals surface area contributed by atoms with Crippen molar-refractivity contribution in [1.82, 2.24) is 9.62 Å². The van der Waals surface area contributed by atoms with Crippen LogP contribution in [0.15, 0.2) is 0 Å². The molecule has 0 aromatic rings. The fraction of sp³-hybridized carbons (Fsp3) is 1.00. The Bertz CT molecular complexity index is 264. The van der Waals surface area contributed by atoms with Gasteiger partial charge in [0, 0.05) is 19.6 Å². The maximum absolute atomic E-state index is 11.6. The second-order valence-corrected chi connectivity index (χ2v) is 5.57. The predicted molar refractivity (Wildman–Crippen MR) is 54.7 cm³/mol. The number of likely N-dealkylation sites (N-methyl/N-ethyl adjacent to an activating group) is 1. The second kappa shape index (κ2) is 5.06. The first-order valence-corrected chi connectivity index (χ1v) is 6.45. The lowest BCUT2D eigenvalue weighted by molar-refractivity contribution is 0.000877. The molecule has 0 radical (unpaired) electrons. The van der Waals surface area contributed by atoms with Crippen LogP contribution in [-0.4, -0.2) is 57.9 Å². The number of morpholine rings is 1. The molecular weight excluding hydrogens is 204 g/mol. The number of ether oxygens (including phenoxy) is 1. The molecule has 1 rings (SSSR count). The van der Waals surface area contributed by atoms with E-state index >= 15 is 0 Å². The van der Waals surface area contributed by atoms with E-state index in [-0.39, 0.29) is 11.9 Å². The van der Waals surface area contributed by atoms with E-state index in [0.717, 1.165) is 0 Å². The summed E-state index contributed by atoms with van der Waals surface area (Å²) in [6, 6.07) is 0. The fourth-order valence-corrected chi connectivity index (χ4v) is 2.59. The van der Waals surface area contributed by atoms with Gasteiger partial charge in [-0.2, -0.15) is 4.31 Å². The van der Waals surface area contributed by atoms with Gasteiger partial charge in [0.1, 0.15) is 0 Å². The van der Waals surface area contributed by atoms with Crippen LogP contribution < -0.4 is 5.32 Å². The minimum atomic E-state index is -3.05. The van der Waals surface area contributed by atoms with Crippen LogP contribution in [0.4, 0.5) is 0 Å². The molecular formula is C8H18N2O3S. The first-order chi connectivity index (χ1) is 6.60. The first kappa shape index (κ1) is 11.9. The van der Waals surface area contributed by atoms with Crippen LogP contribution in [0.3, 0.4) is 0 Å². The van der Waals surface area contributed by atoms with Crippen molar-refractivity contribution in [1.29, 1.82) is 0 Å². The van der Waals surface area contributed by atoms with E-state index in [0.29, 0.717) is 26.2 Å². The molecule has 0 unspecified atom stereocenters. The highest BCUT2D eigenvalue weighted by Crippen LogP contribution is 2.09. The van der Waals surface area contributed by atoms with E-state index in [1.165, 1.54) is 4.31 Å². The lowest BCUT2D eigenvalue weighted by Gasteiger charge is -2.31. The highest BCUT2D eigenvalue weighted by Gasteiger charge is 2.27. The third kappa shape index (κ3) is 2.91.